The van der Waals surface area contributed by atoms with Crippen LogP contribution in [0.4, 0.5) is 0 Å². The van der Waals surface area contributed by atoms with Gasteiger partial charge in [0.1, 0.15) is 24.7 Å². The molecule has 1 aromatic carbocycles. The first kappa shape index (κ1) is 13.5. The largest absolute Gasteiger partial charge is 0.396 e. The number of fused-ring (bicyclic) bond motifs is 1. The molecule has 3 N–H and O–H groups in total. The van der Waals surface area contributed by atoms with E-state index in [0.717, 1.165) is 5.56 Å². The highest BCUT2D eigenvalue weighted by molar-refractivity contribution is 6.00. The Morgan fingerprint density at radius 2 is 1.75 bits per heavy atom. The first-order chi connectivity index (χ1) is 9.70. The fourth-order valence-corrected chi connectivity index (χ4v) is 1.54. The van der Waals surface area contributed by atoms with E-state index in [1.807, 2.05) is 18.2 Å². The molecule has 0 saturated heterocycles. The predicted molar refractivity (Wildman–Crippen MR) is 71.8 cm³/mol. The number of hydrogen-bond donors (Lipinski definition) is 2. The van der Waals surface area contributed by atoms with E-state index in [2.05, 4.69) is 20.4 Å². The number of rotatable bonds is 1. The standard InChI is InChI=1S/C10H10N2O2.C3H3N3/c1-6(13)10-9(11)7-4-2-3-5-8(7)14-12-10;1-4-2-6-3-5-1/h2-5,12H,11H2,1H3;1-3H. The lowest BCUT2D eigenvalue weighted by atomic mass is 10.1. The highest BCUT2D eigenvalue weighted by atomic mass is 16.6. The second kappa shape index (κ2) is 6.28. The maximum atomic E-state index is 11.1. The SMILES string of the molecule is CC(=O)C1=C(N)c2ccccc2ON1.c1ncncn1. The number of nitrogens with zero attached hydrogens (tertiary/aromatic N) is 3. The lowest BCUT2D eigenvalue weighted by Crippen LogP contribution is -2.30. The van der Waals surface area contributed by atoms with Gasteiger partial charge in [0, 0.05) is 12.5 Å². The molecule has 2 heterocycles. The Morgan fingerprint density at radius 1 is 1.15 bits per heavy atom. The van der Waals surface area contributed by atoms with E-state index in [4.69, 9.17) is 10.6 Å². The number of hydroxylamine groups is 1. The van der Waals surface area contributed by atoms with E-state index in [0.29, 0.717) is 17.1 Å². The number of benzene rings is 1. The fraction of sp³-hybridized carbons (Fsp3) is 0.0769. The Morgan fingerprint density at radius 3 is 2.30 bits per heavy atom. The van der Waals surface area contributed by atoms with Crippen molar-refractivity contribution in [3.63, 3.8) is 0 Å². The minimum Gasteiger partial charge on any atom is -0.396 e. The lowest BCUT2D eigenvalue weighted by Gasteiger charge is -2.20. The van der Waals surface area contributed by atoms with Gasteiger partial charge in [0.15, 0.2) is 11.5 Å². The molecule has 0 aliphatic carbocycles. The summed E-state index contributed by atoms with van der Waals surface area (Å²) < 4.78 is 0. The molecule has 1 aliphatic heterocycles. The zero-order valence-electron chi connectivity index (χ0n) is 10.8. The van der Waals surface area contributed by atoms with E-state index in [-0.39, 0.29) is 5.78 Å². The quantitative estimate of drug-likeness (QED) is 0.785. The average Bonchev–Trinajstić information content (AvgIpc) is 2.50. The van der Waals surface area contributed by atoms with Gasteiger partial charge in [0.05, 0.1) is 5.70 Å². The van der Waals surface area contributed by atoms with Crippen LogP contribution in [0.2, 0.25) is 0 Å². The molecule has 0 radical (unpaired) electrons. The second-order valence-electron chi connectivity index (χ2n) is 3.84. The summed E-state index contributed by atoms with van der Waals surface area (Å²) in [7, 11) is 0. The number of hydrogen-bond acceptors (Lipinski definition) is 7. The van der Waals surface area contributed by atoms with Crippen LogP contribution in [-0.4, -0.2) is 20.7 Å². The monoisotopic (exact) mass is 271 g/mol. The number of Topliss-reactive ketones (excluding diaryl/α,β-unsaturated/α-hetero) is 1. The van der Waals surface area contributed by atoms with Gasteiger partial charge in [-0.2, -0.15) is 0 Å². The van der Waals surface area contributed by atoms with Crippen LogP contribution in [0.25, 0.3) is 5.70 Å². The van der Waals surface area contributed by atoms with Crippen molar-refractivity contribution in [3.8, 4) is 5.75 Å². The van der Waals surface area contributed by atoms with Crippen molar-refractivity contribution < 1.29 is 9.63 Å². The molecule has 0 bridgehead atoms. The highest BCUT2D eigenvalue weighted by Crippen LogP contribution is 2.27. The molecule has 0 fully saturated rings. The number of ketones is 1. The fourth-order valence-electron chi connectivity index (χ4n) is 1.54. The molecule has 0 unspecified atom stereocenters. The van der Waals surface area contributed by atoms with Gasteiger partial charge in [-0.25, -0.2) is 20.4 Å². The maximum absolute atomic E-state index is 11.1. The molecule has 7 heteroatoms. The predicted octanol–water partition coefficient (Wildman–Crippen LogP) is 0.672. The number of aromatic nitrogens is 3. The van der Waals surface area contributed by atoms with Gasteiger partial charge in [-0.1, -0.05) is 12.1 Å². The number of para-hydroxylation sites is 1. The van der Waals surface area contributed by atoms with E-state index < -0.39 is 0 Å². The molecule has 1 aromatic heterocycles. The normalized spacial score (nSPS) is 12.2. The third-order valence-electron chi connectivity index (χ3n) is 2.46. The topological polar surface area (TPSA) is 103 Å². The molecule has 7 nitrogen and oxygen atoms in total. The van der Waals surface area contributed by atoms with Gasteiger partial charge in [-0.15, -0.1) is 0 Å². The van der Waals surface area contributed by atoms with Crippen molar-refractivity contribution in [1.29, 1.82) is 0 Å². The maximum Gasteiger partial charge on any atom is 0.181 e. The summed E-state index contributed by atoms with van der Waals surface area (Å²) in [5.41, 5.74) is 9.82. The summed E-state index contributed by atoms with van der Waals surface area (Å²) in [6, 6.07) is 7.28. The Hall–Kier alpha value is -2.96. The Bertz CT molecular complexity index is 601. The first-order valence-electron chi connectivity index (χ1n) is 5.78. The minimum atomic E-state index is -0.142. The van der Waals surface area contributed by atoms with Crippen LogP contribution in [0.3, 0.4) is 0 Å². The number of allylic oxidation sites excluding steroid dienone is 1. The van der Waals surface area contributed by atoms with Gasteiger partial charge < -0.3 is 10.6 Å². The molecule has 2 aromatic rings. The van der Waals surface area contributed by atoms with Crippen molar-refractivity contribution >= 4 is 11.5 Å². The van der Waals surface area contributed by atoms with E-state index in [1.54, 1.807) is 6.07 Å². The molecule has 0 amide bonds. The summed E-state index contributed by atoms with van der Waals surface area (Å²) in [5, 5.41) is 0. The van der Waals surface area contributed by atoms with Crippen molar-refractivity contribution in [1.82, 2.24) is 20.4 Å². The summed E-state index contributed by atoms with van der Waals surface area (Å²) in [6.07, 6.45) is 4.31. The van der Waals surface area contributed by atoms with Gasteiger partial charge in [0.2, 0.25) is 0 Å². The van der Waals surface area contributed by atoms with Crippen LogP contribution in [0.15, 0.2) is 48.9 Å². The summed E-state index contributed by atoms with van der Waals surface area (Å²) in [5.74, 6) is 0.493. The minimum absolute atomic E-state index is 0.142. The summed E-state index contributed by atoms with van der Waals surface area (Å²) in [6.45, 7) is 1.44. The molecule has 0 atom stereocenters. The highest BCUT2D eigenvalue weighted by Gasteiger charge is 2.19. The number of carbonyl (C=O) groups excluding carboxylic acids is 1. The van der Waals surface area contributed by atoms with Crippen LogP contribution in [0.5, 0.6) is 5.75 Å². The third-order valence-corrected chi connectivity index (χ3v) is 2.46. The van der Waals surface area contributed by atoms with E-state index in [1.165, 1.54) is 25.9 Å². The van der Waals surface area contributed by atoms with Gasteiger partial charge >= 0.3 is 0 Å². The zero-order valence-corrected chi connectivity index (χ0v) is 10.8. The average molecular weight is 271 g/mol. The van der Waals surface area contributed by atoms with Crippen LogP contribution in [-0.2, 0) is 4.79 Å². The lowest BCUT2D eigenvalue weighted by molar-refractivity contribution is -0.114. The number of nitrogens with two attached hydrogens (primary N) is 1. The van der Waals surface area contributed by atoms with Gasteiger partial charge in [-0.05, 0) is 12.1 Å². The molecule has 0 spiro atoms. The van der Waals surface area contributed by atoms with Crippen LogP contribution in [0, 0.1) is 0 Å². The van der Waals surface area contributed by atoms with Crippen molar-refractivity contribution in [3.05, 3.63) is 54.5 Å². The molecule has 0 saturated carbocycles. The molecular weight excluding hydrogens is 258 g/mol. The third kappa shape index (κ3) is 3.08. The molecule has 20 heavy (non-hydrogen) atoms. The van der Waals surface area contributed by atoms with Gasteiger partial charge in [-0.3, -0.25) is 4.79 Å². The Balaban J connectivity index is 0.000000205. The smallest absolute Gasteiger partial charge is 0.181 e. The van der Waals surface area contributed by atoms with Crippen LogP contribution in [0.1, 0.15) is 12.5 Å². The second-order valence-corrected chi connectivity index (χ2v) is 3.84. The van der Waals surface area contributed by atoms with E-state index in [9.17, 15) is 4.79 Å². The van der Waals surface area contributed by atoms with Crippen LogP contribution >= 0.6 is 0 Å². The number of carbonyl (C=O) groups is 1. The molecule has 102 valence electrons. The summed E-state index contributed by atoms with van der Waals surface area (Å²) in [4.78, 5) is 27.0. The Kier molecular flexibility index (Phi) is 4.23. The Labute approximate surface area is 115 Å². The van der Waals surface area contributed by atoms with Crippen molar-refractivity contribution in [2.45, 2.75) is 6.92 Å². The zero-order chi connectivity index (χ0) is 14.4. The van der Waals surface area contributed by atoms with Crippen molar-refractivity contribution in [2.75, 3.05) is 0 Å². The first-order valence-corrected chi connectivity index (χ1v) is 5.78. The summed E-state index contributed by atoms with van der Waals surface area (Å²) >= 11 is 0. The number of nitrogens with one attached hydrogen (secondary N) is 1. The van der Waals surface area contributed by atoms with E-state index >= 15 is 0 Å². The molecular formula is C13H13N5O2. The van der Waals surface area contributed by atoms with Crippen LogP contribution < -0.4 is 16.1 Å². The molecule has 1 aliphatic rings. The van der Waals surface area contributed by atoms with Crippen molar-refractivity contribution in [2.24, 2.45) is 5.73 Å². The van der Waals surface area contributed by atoms with Gasteiger partial charge in [0.25, 0.3) is 0 Å². The molecule has 3 rings (SSSR count).